The van der Waals surface area contributed by atoms with Crippen LogP contribution in [0.1, 0.15) is 29.6 Å². The van der Waals surface area contributed by atoms with E-state index in [2.05, 4.69) is 5.32 Å². The van der Waals surface area contributed by atoms with Crippen molar-refractivity contribution >= 4 is 17.5 Å². The molecule has 3 rings (SSSR count). The molecule has 1 saturated heterocycles. The van der Waals surface area contributed by atoms with E-state index in [0.29, 0.717) is 18.0 Å². The zero-order chi connectivity index (χ0) is 14.8. The minimum atomic E-state index is 0.0472. The Morgan fingerprint density at radius 1 is 1.19 bits per heavy atom. The van der Waals surface area contributed by atoms with E-state index < -0.39 is 0 Å². The van der Waals surface area contributed by atoms with E-state index in [9.17, 15) is 9.59 Å². The van der Waals surface area contributed by atoms with Crippen LogP contribution in [0.4, 0.5) is 5.69 Å². The van der Waals surface area contributed by atoms with E-state index in [0.717, 1.165) is 38.0 Å². The summed E-state index contributed by atoms with van der Waals surface area (Å²) in [6.07, 6.45) is 2.96. The Bertz CT molecular complexity index is 537. The van der Waals surface area contributed by atoms with Gasteiger partial charge < -0.3 is 16.0 Å². The summed E-state index contributed by atoms with van der Waals surface area (Å²) in [5, 5.41) is 2.88. The molecule has 5 nitrogen and oxygen atoms in total. The van der Waals surface area contributed by atoms with Crippen LogP contribution in [0.25, 0.3) is 0 Å². The molecule has 0 bridgehead atoms. The molecule has 3 N–H and O–H groups in total. The summed E-state index contributed by atoms with van der Waals surface area (Å²) in [7, 11) is 0. The molecular formula is C16H21N3O2. The minimum absolute atomic E-state index is 0.0472. The fourth-order valence-electron chi connectivity index (χ4n) is 2.68. The molecule has 1 heterocycles. The molecule has 1 aromatic carbocycles. The van der Waals surface area contributed by atoms with Crippen LogP contribution in [-0.4, -0.2) is 36.3 Å². The number of carbonyl (C=O) groups excluding carboxylic acids is 2. The number of rotatable bonds is 4. The quantitative estimate of drug-likeness (QED) is 0.880. The van der Waals surface area contributed by atoms with Gasteiger partial charge in [0.15, 0.2) is 0 Å². The van der Waals surface area contributed by atoms with Gasteiger partial charge in [0, 0.05) is 30.3 Å². The summed E-state index contributed by atoms with van der Waals surface area (Å²) in [5.41, 5.74) is 7.07. The highest BCUT2D eigenvalue weighted by molar-refractivity contribution is 5.96. The van der Waals surface area contributed by atoms with Crippen molar-refractivity contribution in [1.82, 2.24) is 4.90 Å². The highest BCUT2D eigenvalue weighted by Gasteiger charge is 2.29. The Hall–Kier alpha value is -1.88. The second kappa shape index (κ2) is 5.85. The molecule has 2 aliphatic rings. The maximum atomic E-state index is 12.4. The van der Waals surface area contributed by atoms with Crippen molar-refractivity contribution in [1.29, 1.82) is 0 Å². The third-order valence-corrected chi connectivity index (χ3v) is 4.25. The van der Waals surface area contributed by atoms with Gasteiger partial charge in [0.1, 0.15) is 0 Å². The molecule has 0 radical (unpaired) electrons. The first-order chi connectivity index (χ1) is 10.2. The number of hydrogen-bond donors (Lipinski definition) is 2. The van der Waals surface area contributed by atoms with E-state index >= 15 is 0 Å². The van der Waals surface area contributed by atoms with E-state index in [1.807, 2.05) is 4.90 Å². The average Bonchev–Trinajstić information content (AvgIpc) is 3.25. The molecule has 1 aromatic rings. The molecule has 5 heteroatoms. The average molecular weight is 287 g/mol. The molecule has 1 saturated carbocycles. The summed E-state index contributed by atoms with van der Waals surface area (Å²) in [6.45, 7) is 2.16. The van der Waals surface area contributed by atoms with Crippen molar-refractivity contribution in [2.24, 2.45) is 17.6 Å². The van der Waals surface area contributed by atoms with Crippen LogP contribution in [0, 0.1) is 11.8 Å². The Morgan fingerprint density at radius 2 is 1.90 bits per heavy atom. The molecule has 112 valence electrons. The normalized spacial score (nSPS) is 21.4. The summed E-state index contributed by atoms with van der Waals surface area (Å²) in [6, 6.07) is 7.15. The van der Waals surface area contributed by atoms with Gasteiger partial charge in [-0.15, -0.1) is 0 Å². The lowest BCUT2D eigenvalue weighted by molar-refractivity contribution is -0.117. The van der Waals surface area contributed by atoms with Crippen molar-refractivity contribution < 1.29 is 9.59 Å². The van der Waals surface area contributed by atoms with Gasteiger partial charge >= 0.3 is 0 Å². The van der Waals surface area contributed by atoms with Crippen molar-refractivity contribution in [3.63, 3.8) is 0 Å². The number of carbonyl (C=O) groups is 2. The molecular weight excluding hydrogens is 266 g/mol. The molecule has 2 amide bonds. The Kier molecular flexibility index (Phi) is 3.92. The van der Waals surface area contributed by atoms with Crippen LogP contribution in [-0.2, 0) is 4.79 Å². The zero-order valence-corrected chi connectivity index (χ0v) is 12.0. The smallest absolute Gasteiger partial charge is 0.253 e. The number of hydrogen-bond acceptors (Lipinski definition) is 3. The number of anilines is 1. The summed E-state index contributed by atoms with van der Waals surface area (Å²) in [5.74, 6) is 0.737. The second-order valence-electron chi connectivity index (χ2n) is 5.98. The van der Waals surface area contributed by atoms with Crippen LogP contribution in [0.3, 0.4) is 0 Å². The van der Waals surface area contributed by atoms with Crippen LogP contribution in [0.15, 0.2) is 24.3 Å². The Labute approximate surface area is 124 Å². The standard InChI is InChI=1S/C16H21N3O2/c17-9-11-7-8-19(10-11)16(21)13-3-5-14(6-4-13)18-15(20)12-1-2-12/h3-6,11-12H,1-2,7-10,17H2,(H,18,20). The van der Waals surface area contributed by atoms with Crippen molar-refractivity contribution in [3.05, 3.63) is 29.8 Å². The lowest BCUT2D eigenvalue weighted by atomic mass is 10.1. The number of nitrogens with zero attached hydrogens (tertiary/aromatic N) is 1. The fraction of sp³-hybridized carbons (Fsp3) is 0.500. The number of amides is 2. The maximum absolute atomic E-state index is 12.4. The first kappa shape index (κ1) is 14.1. The van der Waals surface area contributed by atoms with Crippen molar-refractivity contribution in [2.45, 2.75) is 19.3 Å². The predicted octanol–water partition coefficient (Wildman–Crippen LogP) is 1.46. The van der Waals surface area contributed by atoms with Crippen molar-refractivity contribution in [3.8, 4) is 0 Å². The van der Waals surface area contributed by atoms with E-state index in [-0.39, 0.29) is 17.7 Å². The fourth-order valence-corrected chi connectivity index (χ4v) is 2.68. The van der Waals surface area contributed by atoms with E-state index in [1.165, 1.54) is 0 Å². The van der Waals surface area contributed by atoms with Gasteiger partial charge in [-0.3, -0.25) is 9.59 Å². The highest BCUT2D eigenvalue weighted by atomic mass is 16.2. The first-order valence-electron chi connectivity index (χ1n) is 7.57. The number of likely N-dealkylation sites (tertiary alicyclic amines) is 1. The van der Waals surface area contributed by atoms with Gasteiger partial charge in [-0.2, -0.15) is 0 Å². The van der Waals surface area contributed by atoms with E-state index in [4.69, 9.17) is 5.73 Å². The van der Waals surface area contributed by atoms with Crippen LogP contribution < -0.4 is 11.1 Å². The highest BCUT2D eigenvalue weighted by Crippen LogP contribution is 2.30. The molecule has 1 atom stereocenters. The van der Waals surface area contributed by atoms with E-state index in [1.54, 1.807) is 24.3 Å². The van der Waals surface area contributed by atoms with Gasteiger partial charge in [0.25, 0.3) is 5.91 Å². The zero-order valence-electron chi connectivity index (χ0n) is 12.0. The molecule has 1 aliphatic carbocycles. The number of nitrogens with two attached hydrogens (primary N) is 1. The van der Waals surface area contributed by atoms with Gasteiger partial charge in [0.05, 0.1) is 0 Å². The molecule has 2 fully saturated rings. The lowest BCUT2D eigenvalue weighted by Gasteiger charge is -2.16. The van der Waals surface area contributed by atoms with Gasteiger partial charge in [0.2, 0.25) is 5.91 Å². The Balaban J connectivity index is 1.60. The summed E-state index contributed by atoms with van der Waals surface area (Å²) < 4.78 is 0. The third kappa shape index (κ3) is 3.24. The maximum Gasteiger partial charge on any atom is 0.253 e. The SMILES string of the molecule is NCC1CCN(C(=O)c2ccc(NC(=O)C3CC3)cc2)C1. The first-order valence-corrected chi connectivity index (χ1v) is 7.57. The van der Waals surface area contributed by atoms with Gasteiger partial charge in [-0.1, -0.05) is 0 Å². The van der Waals surface area contributed by atoms with Gasteiger partial charge in [-0.05, 0) is 56.0 Å². The van der Waals surface area contributed by atoms with Crippen molar-refractivity contribution in [2.75, 3.05) is 25.0 Å². The molecule has 0 spiro atoms. The second-order valence-corrected chi connectivity index (χ2v) is 5.98. The van der Waals surface area contributed by atoms with Crippen LogP contribution >= 0.6 is 0 Å². The summed E-state index contributed by atoms with van der Waals surface area (Å²) in [4.78, 5) is 25.9. The van der Waals surface area contributed by atoms with Crippen LogP contribution in [0.2, 0.25) is 0 Å². The molecule has 1 aliphatic heterocycles. The Morgan fingerprint density at radius 3 is 2.48 bits per heavy atom. The molecule has 21 heavy (non-hydrogen) atoms. The topological polar surface area (TPSA) is 75.4 Å². The van der Waals surface area contributed by atoms with Crippen LogP contribution in [0.5, 0.6) is 0 Å². The van der Waals surface area contributed by atoms with Gasteiger partial charge in [-0.25, -0.2) is 0 Å². The third-order valence-electron chi connectivity index (χ3n) is 4.25. The lowest BCUT2D eigenvalue weighted by Crippen LogP contribution is -2.29. The minimum Gasteiger partial charge on any atom is -0.338 e. The molecule has 0 aromatic heterocycles. The molecule has 1 unspecified atom stereocenters. The number of nitrogens with one attached hydrogen (secondary N) is 1. The monoisotopic (exact) mass is 287 g/mol. The number of benzene rings is 1. The summed E-state index contributed by atoms with van der Waals surface area (Å²) >= 11 is 0. The predicted molar refractivity (Wildman–Crippen MR) is 80.9 cm³/mol. The largest absolute Gasteiger partial charge is 0.338 e.